The zero-order valence-electron chi connectivity index (χ0n) is 13.0. The van der Waals surface area contributed by atoms with E-state index in [0.29, 0.717) is 12.8 Å². The van der Waals surface area contributed by atoms with Crippen LogP contribution in [0.25, 0.3) is 0 Å². The summed E-state index contributed by atoms with van der Waals surface area (Å²) in [6.07, 6.45) is 2.02. The molecule has 0 aliphatic heterocycles. The Kier molecular flexibility index (Phi) is 6.21. The van der Waals surface area contributed by atoms with Crippen LogP contribution in [0, 0.1) is 0 Å². The van der Waals surface area contributed by atoms with Crippen molar-refractivity contribution >= 4 is 5.97 Å². The van der Waals surface area contributed by atoms with Crippen molar-refractivity contribution in [1.29, 1.82) is 0 Å². The Morgan fingerprint density at radius 2 is 1.80 bits per heavy atom. The fourth-order valence-electron chi connectivity index (χ4n) is 2.62. The van der Waals surface area contributed by atoms with Gasteiger partial charge in [-0.25, -0.2) is 4.79 Å². The van der Waals surface area contributed by atoms with Gasteiger partial charge in [-0.3, -0.25) is 0 Å². The van der Waals surface area contributed by atoms with Gasteiger partial charge < -0.3 is 9.84 Å². The van der Waals surface area contributed by atoms with E-state index in [1.165, 1.54) is 5.56 Å². The zero-order valence-corrected chi connectivity index (χ0v) is 13.0. The van der Waals surface area contributed by atoms with Crippen molar-refractivity contribution < 1.29 is 14.6 Å². The maximum Gasteiger partial charge on any atom is 0.338 e. The monoisotopic (exact) mass is 278 g/mol. The molecule has 0 heterocycles. The second kappa shape index (κ2) is 7.44. The first-order valence-electron chi connectivity index (χ1n) is 7.51. The topological polar surface area (TPSA) is 46.5 Å². The lowest BCUT2D eigenvalue weighted by Crippen LogP contribution is -2.45. The van der Waals surface area contributed by atoms with Crippen LogP contribution in [-0.2, 0) is 16.0 Å². The molecule has 0 radical (unpaired) electrons. The zero-order chi connectivity index (χ0) is 15.2. The molecule has 20 heavy (non-hydrogen) atoms. The Morgan fingerprint density at radius 3 is 2.20 bits per heavy atom. The van der Waals surface area contributed by atoms with Gasteiger partial charge in [0.1, 0.15) is 0 Å². The Bertz CT molecular complexity index is 424. The molecule has 1 aromatic carbocycles. The predicted octanol–water partition coefficient (Wildman–Crippen LogP) is 3.45. The summed E-state index contributed by atoms with van der Waals surface area (Å²) in [7, 11) is 0. The van der Waals surface area contributed by atoms with Gasteiger partial charge in [-0.15, -0.1) is 0 Å². The molecule has 0 saturated heterocycles. The molecule has 112 valence electrons. The summed E-state index contributed by atoms with van der Waals surface area (Å²) in [5, 5.41) is 10.8. The van der Waals surface area contributed by atoms with Crippen molar-refractivity contribution in [2.45, 2.75) is 58.5 Å². The number of carbonyl (C=O) groups is 1. The van der Waals surface area contributed by atoms with Gasteiger partial charge in [-0.05, 0) is 37.3 Å². The number of ether oxygens (including phenoxy) is 1. The maximum absolute atomic E-state index is 12.1. The highest BCUT2D eigenvalue weighted by molar-refractivity contribution is 5.80. The smallest absolute Gasteiger partial charge is 0.338 e. The van der Waals surface area contributed by atoms with Gasteiger partial charge >= 0.3 is 5.97 Å². The second-order valence-electron chi connectivity index (χ2n) is 5.05. The molecule has 1 rings (SSSR count). The summed E-state index contributed by atoms with van der Waals surface area (Å²) in [6.45, 7) is 7.95. The average Bonchev–Trinajstić information content (AvgIpc) is 2.48. The van der Waals surface area contributed by atoms with E-state index in [1.54, 1.807) is 6.92 Å². The fourth-order valence-corrected chi connectivity index (χ4v) is 2.62. The van der Waals surface area contributed by atoms with Crippen LogP contribution in [0.15, 0.2) is 24.3 Å². The SMILES string of the molecule is CCOC(=O)C(O)(CC)C(CC)c1ccc(CC)cc1. The van der Waals surface area contributed by atoms with Crippen LogP contribution in [0.5, 0.6) is 0 Å². The summed E-state index contributed by atoms with van der Waals surface area (Å²) < 4.78 is 5.06. The highest BCUT2D eigenvalue weighted by Crippen LogP contribution is 2.35. The van der Waals surface area contributed by atoms with Crippen molar-refractivity contribution in [1.82, 2.24) is 0 Å². The first-order valence-corrected chi connectivity index (χ1v) is 7.51. The fraction of sp³-hybridized carbons (Fsp3) is 0.588. The minimum atomic E-state index is -1.45. The quantitative estimate of drug-likeness (QED) is 0.777. The van der Waals surface area contributed by atoms with Crippen LogP contribution in [0.2, 0.25) is 0 Å². The van der Waals surface area contributed by atoms with Gasteiger partial charge in [0, 0.05) is 5.92 Å². The van der Waals surface area contributed by atoms with Crippen LogP contribution in [0.1, 0.15) is 57.6 Å². The Hall–Kier alpha value is -1.35. The largest absolute Gasteiger partial charge is 0.464 e. The number of aliphatic hydroxyl groups is 1. The summed E-state index contributed by atoms with van der Waals surface area (Å²) in [4.78, 5) is 12.1. The van der Waals surface area contributed by atoms with E-state index in [-0.39, 0.29) is 12.5 Å². The van der Waals surface area contributed by atoms with E-state index in [0.717, 1.165) is 12.0 Å². The van der Waals surface area contributed by atoms with Crippen LogP contribution in [-0.4, -0.2) is 23.3 Å². The first kappa shape index (κ1) is 16.7. The molecule has 0 aliphatic rings. The Balaban J connectivity index is 3.10. The molecule has 1 N–H and O–H groups in total. The van der Waals surface area contributed by atoms with E-state index in [4.69, 9.17) is 4.74 Å². The van der Waals surface area contributed by atoms with E-state index in [1.807, 2.05) is 26.0 Å². The molecular formula is C17H26O3. The molecule has 3 heteroatoms. The number of benzene rings is 1. The van der Waals surface area contributed by atoms with Crippen LogP contribution >= 0.6 is 0 Å². The van der Waals surface area contributed by atoms with E-state index in [2.05, 4.69) is 19.1 Å². The molecule has 0 fully saturated rings. The molecule has 2 atom stereocenters. The standard InChI is InChI=1S/C17H26O3/c1-5-13-9-11-14(12-10-13)15(6-2)17(19,7-3)16(18)20-8-4/h9-12,15,19H,5-8H2,1-4H3. The molecule has 0 aromatic heterocycles. The predicted molar refractivity (Wildman–Crippen MR) is 80.7 cm³/mol. The molecule has 0 saturated carbocycles. The Labute approximate surface area is 122 Å². The molecule has 0 amide bonds. The van der Waals surface area contributed by atoms with Crippen molar-refractivity contribution in [3.8, 4) is 0 Å². The number of carbonyl (C=O) groups excluding carboxylic acids is 1. The Morgan fingerprint density at radius 1 is 1.20 bits per heavy atom. The lowest BCUT2D eigenvalue weighted by molar-refractivity contribution is -0.168. The third-order valence-corrected chi connectivity index (χ3v) is 3.94. The van der Waals surface area contributed by atoms with E-state index in [9.17, 15) is 9.90 Å². The van der Waals surface area contributed by atoms with Crippen molar-refractivity contribution in [2.75, 3.05) is 6.61 Å². The second-order valence-corrected chi connectivity index (χ2v) is 5.05. The lowest BCUT2D eigenvalue weighted by atomic mass is 9.78. The van der Waals surface area contributed by atoms with E-state index < -0.39 is 11.6 Å². The number of aryl methyl sites for hydroxylation is 1. The highest BCUT2D eigenvalue weighted by Gasteiger charge is 2.43. The normalized spacial score (nSPS) is 15.4. The number of rotatable bonds is 7. The molecule has 0 spiro atoms. The number of esters is 1. The highest BCUT2D eigenvalue weighted by atomic mass is 16.5. The van der Waals surface area contributed by atoms with Gasteiger partial charge in [-0.1, -0.05) is 45.0 Å². The minimum Gasteiger partial charge on any atom is -0.464 e. The van der Waals surface area contributed by atoms with Crippen molar-refractivity contribution in [2.24, 2.45) is 0 Å². The third kappa shape index (κ3) is 3.40. The van der Waals surface area contributed by atoms with Gasteiger partial charge in [0.25, 0.3) is 0 Å². The lowest BCUT2D eigenvalue weighted by Gasteiger charge is -2.33. The maximum atomic E-state index is 12.1. The summed E-state index contributed by atoms with van der Waals surface area (Å²) in [5.41, 5.74) is 0.792. The van der Waals surface area contributed by atoms with Gasteiger partial charge in [-0.2, -0.15) is 0 Å². The molecule has 3 nitrogen and oxygen atoms in total. The minimum absolute atomic E-state index is 0.238. The third-order valence-electron chi connectivity index (χ3n) is 3.94. The van der Waals surface area contributed by atoms with Crippen LogP contribution in [0.3, 0.4) is 0 Å². The van der Waals surface area contributed by atoms with Gasteiger partial charge in [0.2, 0.25) is 0 Å². The molecular weight excluding hydrogens is 252 g/mol. The number of hydrogen-bond acceptors (Lipinski definition) is 3. The molecule has 2 unspecified atom stereocenters. The van der Waals surface area contributed by atoms with E-state index >= 15 is 0 Å². The van der Waals surface area contributed by atoms with Gasteiger partial charge in [0.05, 0.1) is 6.61 Å². The number of hydrogen-bond donors (Lipinski definition) is 1. The van der Waals surface area contributed by atoms with Gasteiger partial charge in [0.15, 0.2) is 5.60 Å². The molecule has 1 aromatic rings. The summed E-state index contributed by atoms with van der Waals surface area (Å²) in [6, 6.07) is 8.12. The summed E-state index contributed by atoms with van der Waals surface area (Å²) >= 11 is 0. The average molecular weight is 278 g/mol. The molecule has 0 aliphatic carbocycles. The summed E-state index contributed by atoms with van der Waals surface area (Å²) in [5.74, 6) is -0.758. The van der Waals surface area contributed by atoms with Crippen molar-refractivity contribution in [3.05, 3.63) is 35.4 Å². The van der Waals surface area contributed by atoms with Crippen molar-refractivity contribution in [3.63, 3.8) is 0 Å². The first-order chi connectivity index (χ1) is 9.53. The van der Waals surface area contributed by atoms with Crippen LogP contribution < -0.4 is 0 Å². The van der Waals surface area contributed by atoms with Crippen LogP contribution in [0.4, 0.5) is 0 Å². The molecule has 0 bridgehead atoms.